The Bertz CT molecular complexity index is 732. The average Bonchev–Trinajstić information content (AvgIpc) is 2.82. The van der Waals surface area contributed by atoms with E-state index in [0.29, 0.717) is 13.1 Å². The van der Waals surface area contributed by atoms with Gasteiger partial charge in [-0.05, 0) is 31.2 Å². The number of nitrogen functional groups attached to an aromatic ring is 1. The van der Waals surface area contributed by atoms with Crippen molar-refractivity contribution in [2.75, 3.05) is 31.6 Å². The van der Waals surface area contributed by atoms with Crippen LogP contribution in [0, 0.1) is 0 Å². The first-order valence-corrected chi connectivity index (χ1v) is 9.52. The van der Waals surface area contributed by atoms with E-state index in [0.717, 1.165) is 43.2 Å². The molecule has 3 N–H and O–H groups in total. The zero-order valence-corrected chi connectivity index (χ0v) is 13.9. The van der Waals surface area contributed by atoms with Crippen molar-refractivity contribution in [1.82, 2.24) is 19.6 Å². The van der Waals surface area contributed by atoms with Gasteiger partial charge in [0.15, 0.2) is 0 Å². The number of rotatable bonds is 3. The molecule has 1 unspecified atom stereocenters. The Morgan fingerprint density at radius 1 is 1.48 bits per heavy atom. The van der Waals surface area contributed by atoms with Gasteiger partial charge in [0, 0.05) is 24.7 Å². The van der Waals surface area contributed by atoms with Crippen molar-refractivity contribution in [3.05, 3.63) is 17.5 Å². The molecule has 0 radical (unpaired) electrons. The molecule has 1 amide bonds. The van der Waals surface area contributed by atoms with Crippen LogP contribution >= 0.6 is 0 Å². The van der Waals surface area contributed by atoms with E-state index in [4.69, 9.17) is 5.73 Å². The number of nitrogens with two attached hydrogens (primary N) is 1. The van der Waals surface area contributed by atoms with Gasteiger partial charge in [0.05, 0.1) is 18.5 Å². The first-order chi connectivity index (χ1) is 10.8. The number of sulfonamides is 1. The smallest absolute Gasteiger partial charge is 0.237 e. The van der Waals surface area contributed by atoms with E-state index in [1.807, 2.05) is 0 Å². The van der Waals surface area contributed by atoms with Crippen LogP contribution in [0.15, 0.2) is 6.20 Å². The van der Waals surface area contributed by atoms with Gasteiger partial charge in [-0.3, -0.25) is 4.79 Å². The van der Waals surface area contributed by atoms with E-state index < -0.39 is 10.0 Å². The summed E-state index contributed by atoms with van der Waals surface area (Å²) in [6, 6.07) is 0. The molecule has 0 bridgehead atoms. The summed E-state index contributed by atoms with van der Waals surface area (Å²) in [6.45, 7) is 0.996. The average molecular weight is 339 g/mol. The minimum absolute atomic E-state index is 0.175. The van der Waals surface area contributed by atoms with Gasteiger partial charge in [-0.15, -0.1) is 0 Å². The number of hydrogen-bond acceptors (Lipinski definition) is 6. The van der Waals surface area contributed by atoms with Gasteiger partial charge in [0.1, 0.15) is 0 Å². The first kappa shape index (κ1) is 16.1. The molecule has 23 heavy (non-hydrogen) atoms. The fourth-order valence-corrected chi connectivity index (χ4v) is 3.99. The van der Waals surface area contributed by atoms with Crippen LogP contribution in [0.3, 0.4) is 0 Å². The molecule has 1 atom stereocenters. The van der Waals surface area contributed by atoms with E-state index >= 15 is 0 Å². The lowest BCUT2D eigenvalue weighted by atomic mass is 9.77. The topological polar surface area (TPSA) is 118 Å². The fourth-order valence-electron chi connectivity index (χ4n) is 3.60. The number of amides is 1. The number of carbonyl (C=O) groups is 1. The molecule has 1 aromatic heterocycles. The quantitative estimate of drug-likeness (QED) is 0.760. The zero-order valence-electron chi connectivity index (χ0n) is 13.1. The second-order valence-electron chi connectivity index (χ2n) is 6.39. The van der Waals surface area contributed by atoms with E-state index in [1.165, 1.54) is 0 Å². The van der Waals surface area contributed by atoms with Crippen LogP contribution in [-0.2, 0) is 26.7 Å². The van der Waals surface area contributed by atoms with Gasteiger partial charge in [0.25, 0.3) is 0 Å². The Balaban J connectivity index is 1.77. The SMILES string of the molecule is CS(=O)(=O)NCC(=O)N1CCCC2(CCc3cnc(N)nc32)C1. The largest absolute Gasteiger partial charge is 0.368 e. The summed E-state index contributed by atoms with van der Waals surface area (Å²) in [7, 11) is -3.37. The molecule has 2 heterocycles. The van der Waals surface area contributed by atoms with Gasteiger partial charge in [-0.1, -0.05) is 0 Å². The minimum Gasteiger partial charge on any atom is -0.368 e. The number of anilines is 1. The molecule has 126 valence electrons. The molecular weight excluding hydrogens is 318 g/mol. The summed E-state index contributed by atoms with van der Waals surface area (Å²) < 4.78 is 24.6. The second kappa shape index (κ2) is 5.72. The fraction of sp³-hybridized carbons (Fsp3) is 0.643. The maximum Gasteiger partial charge on any atom is 0.237 e. The molecule has 1 aliphatic carbocycles. The Morgan fingerprint density at radius 3 is 3.00 bits per heavy atom. The lowest BCUT2D eigenvalue weighted by Gasteiger charge is -2.40. The Morgan fingerprint density at radius 2 is 2.26 bits per heavy atom. The summed E-state index contributed by atoms with van der Waals surface area (Å²) >= 11 is 0. The van der Waals surface area contributed by atoms with Gasteiger partial charge in [-0.2, -0.15) is 0 Å². The minimum atomic E-state index is -3.37. The van der Waals surface area contributed by atoms with Crippen molar-refractivity contribution in [3.63, 3.8) is 0 Å². The number of carbonyl (C=O) groups excluding carboxylic acids is 1. The van der Waals surface area contributed by atoms with Gasteiger partial charge >= 0.3 is 0 Å². The van der Waals surface area contributed by atoms with Crippen molar-refractivity contribution >= 4 is 21.9 Å². The predicted molar refractivity (Wildman–Crippen MR) is 85.1 cm³/mol. The third kappa shape index (κ3) is 3.30. The molecule has 2 aliphatic rings. The lowest BCUT2D eigenvalue weighted by Crippen LogP contribution is -2.50. The van der Waals surface area contributed by atoms with Crippen molar-refractivity contribution < 1.29 is 13.2 Å². The van der Waals surface area contributed by atoms with Crippen LogP contribution < -0.4 is 10.5 Å². The highest BCUT2D eigenvalue weighted by Crippen LogP contribution is 2.43. The van der Waals surface area contributed by atoms with Crippen LogP contribution in [0.5, 0.6) is 0 Å². The molecule has 1 saturated heterocycles. The summed E-state index contributed by atoms with van der Waals surface area (Å²) in [4.78, 5) is 22.5. The number of nitrogens with one attached hydrogen (secondary N) is 1. The normalized spacial score (nSPS) is 24.0. The number of piperidine rings is 1. The van der Waals surface area contributed by atoms with E-state index in [2.05, 4.69) is 14.7 Å². The molecule has 8 nitrogen and oxygen atoms in total. The van der Waals surface area contributed by atoms with Crippen LogP contribution in [-0.4, -0.2) is 55.1 Å². The van der Waals surface area contributed by atoms with Crippen LogP contribution in [0.4, 0.5) is 5.95 Å². The summed E-state index contributed by atoms with van der Waals surface area (Å²) in [6.07, 6.45) is 6.46. The predicted octanol–water partition coefficient (Wildman–Crippen LogP) is -0.586. The first-order valence-electron chi connectivity index (χ1n) is 7.63. The van der Waals surface area contributed by atoms with Crippen molar-refractivity contribution in [3.8, 4) is 0 Å². The third-order valence-electron chi connectivity index (χ3n) is 4.67. The molecule has 9 heteroatoms. The van der Waals surface area contributed by atoms with Gasteiger partial charge < -0.3 is 10.6 Å². The molecule has 0 aromatic carbocycles. The molecular formula is C14H21N5O3S. The summed E-state index contributed by atoms with van der Waals surface area (Å²) in [5.41, 5.74) is 7.61. The zero-order chi connectivity index (χ0) is 16.7. The molecule has 1 aromatic rings. The number of fused-ring (bicyclic) bond motifs is 2. The summed E-state index contributed by atoms with van der Waals surface area (Å²) in [5.74, 6) is 0.0530. The number of hydrogen-bond donors (Lipinski definition) is 2. The van der Waals surface area contributed by atoms with Crippen molar-refractivity contribution in [1.29, 1.82) is 0 Å². The number of nitrogens with zero attached hydrogens (tertiary/aromatic N) is 3. The standard InChI is InChI=1S/C14H21N5O3S/c1-23(21,22)17-8-11(20)19-6-2-4-14(9-19)5-3-10-7-16-13(15)18-12(10)14/h7,17H,2-6,8-9H2,1H3,(H2,15,16,18). The maximum absolute atomic E-state index is 12.3. The Labute approximate surface area is 135 Å². The molecule has 1 aliphatic heterocycles. The highest BCUT2D eigenvalue weighted by Gasteiger charge is 2.44. The third-order valence-corrected chi connectivity index (χ3v) is 5.34. The maximum atomic E-state index is 12.3. The van der Waals surface area contributed by atoms with Crippen LogP contribution in [0.2, 0.25) is 0 Å². The van der Waals surface area contributed by atoms with Gasteiger partial charge in [-0.25, -0.2) is 23.1 Å². The summed E-state index contributed by atoms with van der Waals surface area (Å²) in [5, 5.41) is 0. The number of likely N-dealkylation sites (tertiary alicyclic amines) is 1. The number of aryl methyl sites for hydroxylation is 1. The molecule has 1 spiro atoms. The Hall–Kier alpha value is -1.74. The molecule has 3 rings (SSSR count). The lowest BCUT2D eigenvalue weighted by molar-refractivity contribution is -0.132. The van der Waals surface area contributed by atoms with Crippen molar-refractivity contribution in [2.45, 2.75) is 31.1 Å². The van der Waals surface area contributed by atoms with Crippen molar-refractivity contribution in [2.24, 2.45) is 0 Å². The number of aromatic nitrogens is 2. The molecule has 0 saturated carbocycles. The highest BCUT2D eigenvalue weighted by atomic mass is 32.2. The van der Waals surface area contributed by atoms with E-state index in [9.17, 15) is 13.2 Å². The molecule has 1 fully saturated rings. The van der Waals surface area contributed by atoms with Gasteiger partial charge in [0.2, 0.25) is 21.9 Å². The monoisotopic (exact) mass is 339 g/mol. The van der Waals surface area contributed by atoms with E-state index in [-0.39, 0.29) is 23.8 Å². The van der Waals surface area contributed by atoms with Crippen LogP contribution in [0.25, 0.3) is 0 Å². The Kier molecular flexibility index (Phi) is 4.01. The second-order valence-corrected chi connectivity index (χ2v) is 8.23. The highest BCUT2D eigenvalue weighted by molar-refractivity contribution is 7.88. The van der Waals surface area contributed by atoms with E-state index in [1.54, 1.807) is 11.1 Å². The van der Waals surface area contributed by atoms with Crippen LogP contribution in [0.1, 0.15) is 30.5 Å².